The summed E-state index contributed by atoms with van der Waals surface area (Å²) in [4.78, 5) is 17.2. The first kappa shape index (κ1) is 22.1. The molecule has 0 aliphatic carbocycles. The first-order chi connectivity index (χ1) is 14.6. The minimum absolute atomic E-state index is 0.0335. The molecular weight excluding hydrogens is 404 g/mol. The average molecular weight is 427 g/mol. The van der Waals surface area contributed by atoms with Gasteiger partial charge in [-0.1, -0.05) is 18.2 Å². The number of aryl methyl sites for hydroxylation is 1. The molecule has 0 aliphatic heterocycles. The van der Waals surface area contributed by atoms with Crippen LogP contribution in [0.2, 0.25) is 0 Å². The first-order valence-corrected chi connectivity index (χ1v) is 9.55. The van der Waals surface area contributed by atoms with Crippen LogP contribution in [0.15, 0.2) is 53.1 Å². The second-order valence-electron chi connectivity index (χ2n) is 7.31. The molecule has 6 nitrogen and oxygen atoms in total. The summed E-state index contributed by atoms with van der Waals surface area (Å²) >= 11 is 0. The minimum Gasteiger partial charge on any atom is -0.496 e. The summed E-state index contributed by atoms with van der Waals surface area (Å²) in [6, 6.07) is 10.5. The van der Waals surface area contributed by atoms with E-state index in [0.29, 0.717) is 34.2 Å². The van der Waals surface area contributed by atoms with Crippen molar-refractivity contribution in [2.24, 2.45) is 0 Å². The number of methoxy groups -OCH3 is 1. The number of oxazole rings is 1. The van der Waals surface area contributed by atoms with Gasteiger partial charge in [-0.3, -0.25) is 4.79 Å². The number of nitrogens with zero attached hydrogens (tertiary/aromatic N) is 1. The summed E-state index contributed by atoms with van der Waals surface area (Å²) < 4.78 is 38.4. The Labute approximate surface area is 178 Å². The number of anilines is 1. The van der Waals surface area contributed by atoms with E-state index in [1.807, 2.05) is 0 Å². The lowest BCUT2D eigenvalue weighted by atomic mass is 9.91. The maximum absolute atomic E-state index is 13.7. The van der Waals surface area contributed by atoms with Gasteiger partial charge in [0.15, 0.2) is 0 Å². The summed E-state index contributed by atoms with van der Waals surface area (Å²) in [5.41, 5.74) is 1.12. The van der Waals surface area contributed by atoms with Crippen LogP contribution >= 0.6 is 0 Å². The Bertz CT molecular complexity index is 1120. The lowest BCUT2D eigenvalue weighted by Crippen LogP contribution is -2.26. The molecule has 162 valence electrons. The van der Waals surface area contributed by atoms with Crippen LogP contribution in [0.1, 0.15) is 36.7 Å². The highest BCUT2D eigenvalue weighted by Crippen LogP contribution is 2.33. The molecule has 1 heterocycles. The van der Waals surface area contributed by atoms with Gasteiger partial charge in [0.2, 0.25) is 11.8 Å². The molecule has 3 aromatic rings. The molecule has 0 fully saturated rings. The third-order valence-electron chi connectivity index (χ3n) is 4.74. The molecule has 2 aromatic carbocycles. The number of halogens is 2. The third kappa shape index (κ3) is 4.96. The van der Waals surface area contributed by atoms with Crippen molar-refractivity contribution in [1.29, 1.82) is 5.41 Å². The van der Waals surface area contributed by atoms with Gasteiger partial charge in [-0.2, -0.15) is 0 Å². The monoisotopic (exact) mass is 427 g/mol. The van der Waals surface area contributed by atoms with E-state index in [1.54, 1.807) is 37.4 Å². The SMILES string of the molecule is COc1ccc(NC(=O)C(C(C)=N)c2cccc(C(C)(F)F)c2)cc1-c1ncc(C)o1. The number of amides is 1. The van der Waals surface area contributed by atoms with Crippen molar-refractivity contribution in [3.63, 3.8) is 0 Å². The van der Waals surface area contributed by atoms with Gasteiger partial charge in [-0.25, -0.2) is 13.8 Å². The van der Waals surface area contributed by atoms with Gasteiger partial charge in [-0.05, 0) is 43.7 Å². The Morgan fingerprint density at radius 2 is 2.00 bits per heavy atom. The van der Waals surface area contributed by atoms with Crippen LogP contribution in [-0.2, 0) is 10.7 Å². The molecule has 1 amide bonds. The van der Waals surface area contributed by atoms with Crippen molar-refractivity contribution in [2.75, 3.05) is 12.4 Å². The van der Waals surface area contributed by atoms with Crippen LogP contribution in [-0.4, -0.2) is 23.7 Å². The Morgan fingerprint density at radius 1 is 1.26 bits per heavy atom. The molecule has 31 heavy (non-hydrogen) atoms. The topological polar surface area (TPSA) is 88.2 Å². The van der Waals surface area contributed by atoms with Crippen molar-refractivity contribution in [3.05, 3.63) is 65.5 Å². The molecule has 3 rings (SSSR count). The third-order valence-corrected chi connectivity index (χ3v) is 4.74. The van der Waals surface area contributed by atoms with Gasteiger partial charge in [0, 0.05) is 23.9 Å². The zero-order valence-corrected chi connectivity index (χ0v) is 17.6. The van der Waals surface area contributed by atoms with Crippen molar-refractivity contribution < 1.29 is 22.7 Å². The Balaban J connectivity index is 1.93. The normalized spacial score (nSPS) is 12.3. The van der Waals surface area contributed by atoms with E-state index in [4.69, 9.17) is 14.6 Å². The van der Waals surface area contributed by atoms with Crippen molar-refractivity contribution in [2.45, 2.75) is 32.6 Å². The number of hydrogen-bond donors (Lipinski definition) is 2. The average Bonchev–Trinajstić information content (AvgIpc) is 3.13. The lowest BCUT2D eigenvalue weighted by molar-refractivity contribution is -0.116. The number of rotatable bonds is 7. The predicted octanol–water partition coefficient (Wildman–Crippen LogP) is 5.53. The number of ether oxygens (including phenoxy) is 1. The number of hydrogen-bond acceptors (Lipinski definition) is 5. The summed E-state index contributed by atoms with van der Waals surface area (Å²) in [6.07, 6.45) is 1.57. The van der Waals surface area contributed by atoms with Crippen molar-refractivity contribution in [1.82, 2.24) is 4.98 Å². The molecule has 2 N–H and O–H groups in total. The maximum atomic E-state index is 13.7. The van der Waals surface area contributed by atoms with E-state index in [9.17, 15) is 13.6 Å². The number of alkyl halides is 2. The zero-order chi connectivity index (χ0) is 22.8. The van der Waals surface area contributed by atoms with Gasteiger partial charge < -0.3 is 19.9 Å². The molecular formula is C23H23F2N3O3. The highest BCUT2D eigenvalue weighted by Gasteiger charge is 2.28. The summed E-state index contributed by atoms with van der Waals surface area (Å²) in [7, 11) is 1.51. The Hall–Kier alpha value is -3.55. The number of benzene rings is 2. The quantitative estimate of drug-likeness (QED) is 0.485. The van der Waals surface area contributed by atoms with Crippen LogP contribution in [0.3, 0.4) is 0 Å². The van der Waals surface area contributed by atoms with Crippen molar-refractivity contribution in [3.8, 4) is 17.2 Å². The van der Waals surface area contributed by atoms with Crippen LogP contribution < -0.4 is 10.1 Å². The van der Waals surface area contributed by atoms with Gasteiger partial charge in [0.25, 0.3) is 5.92 Å². The van der Waals surface area contributed by atoms with Gasteiger partial charge in [0.05, 0.1) is 18.9 Å². The van der Waals surface area contributed by atoms with Crippen LogP contribution in [0.5, 0.6) is 5.75 Å². The fourth-order valence-corrected chi connectivity index (χ4v) is 3.24. The van der Waals surface area contributed by atoms with Gasteiger partial charge >= 0.3 is 0 Å². The smallest absolute Gasteiger partial charge is 0.270 e. The van der Waals surface area contributed by atoms with E-state index < -0.39 is 17.7 Å². The number of carbonyl (C=O) groups excluding carboxylic acids is 1. The minimum atomic E-state index is -3.05. The number of nitrogens with one attached hydrogen (secondary N) is 2. The van der Waals surface area contributed by atoms with E-state index in [2.05, 4.69) is 10.3 Å². The van der Waals surface area contributed by atoms with Crippen LogP contribution in [0, 0.1) is 12.3 Å². The predicted molar refractivity (Wildman–Crippen MR) is 114 cm³/mol. The molecule has 8 heteroatoms. The highest BCUT2D eigenvalue weighted by atomic mass is 19.3. The largest absolute Gasteiger partial charge is 0.496 e. The fraction of sp³-hybridized carbons (Fsp3) is 0.261. The number of carbonyl (C=O) groups is 1. The second-order valence-corrected chi connectivity index (χ2v) is 7.31. The van der Waals surface area contributed by atoms with Crippen molar-refractivity contribution >= 4 is 17.3 Å². The maximum Gasteiger partial charge on any atom is 0.270 e. The summed E-state index contributed by atoms with van der Waals surface area (Å²) in [5, 5.41) is 10.8. The standard InChI is InChI=1S/C23H23F2N3O3/c1-13-12-27-22(31-13)18-11-17(8-9-19(18)30-4)28-21(29)20(14(2)26)15-6-5-7-16(10-15)23(3,24)25/h5-12,20,26H,1-4H3,(H,28,29). The van der Waals surface area contributed by atoms with E-state index >= 15 is 0 Å². The summed E-state index contributed by atoms with van der Waals surface area (Å²) in [6.45, 7) is 4.03. The molecule has 0 saturated carbocycles. The molecule has 0 radical (unpaired) electrons. The van der Waals surface area contributed by atoms with Crippen LogP contribution in [0.4, 0.5) is 14.5 Å². The Morgan fingerprint density at radius 3 is 2.58 bits per heavy atom. The van der Waals surface area contributed by atoms with Gasteiger partial charge in [0.1, 0.15) is 17.4 Å². The van der Waals surface area contributed by atoms with E-state index in [1.165, 1.54) is 32.2 Å². The Kier molecular flexibility index (Phi) is 6.19. The summed E-state index contributed by atoms with van der Waals surface area (Å²) in [5.74, 6) is -3.11. The van der Waals surface area contributed by atoms with Crippen LogP contribution in [0.25, 0.3) is 11.5 Å². The fourth-order valence-electron chi connectivity index (χ4n) is 3.24. The molecule has 1 atom stereocenters. The second kappa shape index (κ2) is 8.67. The molecule has 1 aromatic heterocycles. The van der Waals surface area contributed by atoms with E-state index in [0.717, 1.165) is 6.92 Å². The highest BCUT2D eigenvalue weighted by molar-refractivity contribution is 6.12. The molecule has 1 unspecified atom stereocenters. The number of aromatic nitrogens is 1. The molecule has 0 aliphatic rings. The van der Waals surface area contributed by atoms with E-state index in [-0.39, 0.29) is 11.3 Å². The molecule has 0 spiro atoms. The molecule has 0 saturated heterocycles. The molecule has 0 bridgehead atoms. The first-order valence-electron chi connectivity index (χ1n) is 9.55. The zero-order valence-electron chi connectivity index (χ0n) is 17.6. The van der Waals surface area contributed by atoms with Gasteiger partial charge in [-0.15, -0.1) is 0 Å². The lowest BCUT2D eigenvalue weighted by Gasteiger charge is -2.19.